The van der Waals surface area contributed by atoms with Gasteiger partial charge in [0.2, 0.25) is 0 Å². The Bertz CT molecular complexity index is 564. The zero-order chi connectivity index (χ0) is 11.4. The molecule has 2 aromatic rings. The van der Waals surface area contributed by atoms with E-state index >= 15 is 0 Å². The van der Waals surface area contributed by atoms with Crippen LogP contribution in [0.25, 0.3) is 10.8 Å². The van der Waals surface area contributed by atoms with Crippen molar-refractivity contribution in [3.05, 3.63) is 42.0 Å². The Balaban J connectivity index is 2.59. The third-order valence-electron chi connectivity index (χ3n) is 2.36. The topological polar surface area (TPSA) is 26.3 Å². The number of hydrogen-bond donors (Lipinski definition) is 0. The molecule has 2 nitrogen and oxygen atoms in total. The average Bonchev–Trinajstić information content (AvgIpc) is 2.35. The van der Waals surface area contributed by atoms with Crippen LogP contribution in [0, 0.1) is 12.3 Å². The summed E-state index contributed by atoms with van der Waals surface area (Å²) in [4.78, 5) is 11.1. The van der Waals surface area contributed by atoms with Gasteiger partial charge in [0.15, 0.2) is 6.29 Å². The molecule has 2 aromatic carbocycles. The highest BCUT2D eigenvalue weighted by molar-refractivity contribution is 6.00. The fourth-order valence-corrected chi connectivity index (χ4v) is 1.64. The molecule has 0 saturated carbocycles. The Morgan fingerprint density at radius 3 is 2.81 bits per heavy atom. The van der Waals surface area contributed by atoms with Gasteiger partial charge in [-0.15, -0.1) is 6.42 Å². The standard InChI is InChI=1S/C14H10O2/c1-2-9-16-14-8-7-11-5-3-4-6-12(11)13(14)10-15/h1,3-8,10H,9H2. The van der Waals surface area contributed by atoms with E-state index in [9.17, 15) is 4.79 Å². The Labute approximate surface area is 93.8 Å². The van der Waals surface area contributed by atoms with E-state index in [4.69, 9.17) is 11.2 Å². The van der Waals surface area contributed by atoms with Crippen LogP contribution in [0.5, 0.6) is 5.75 Å². The Kier molecular flexibility index (Phi) is 2.88. The van der Waals surface area contributed by atoms with Crippen LogP contribution in [-0.4, -0.2) is 12.9 Å². The first-order chi connectivity index (χ1) is 7.86. The van der Waals surface area contributed by atoms with Crippen molar-refractivity contribution in [3.63, 3.8) is 0 Å². The number of rotatable bonds is 3. The summed E-state index contributed by atoms with van der Waals surface area (Å²) < 4.78 is 5.32. The van der Waals surface area contributed by atoms with Crippen molar-refractivity contribution in [1.82, 2.24) is 0 Å². The second-order valence-electron chi connectivity index (χ2n) is 3.31. The van der Waals surface area contributed by atoms with Crippen LogP contribution in [0.4, 0.5) is 0 Å². The molecule has 78 valence electrons. The largest absolute Gasteiger partial charge is 0.480 e. The average molecular weight is 210 g/mol. The van der Waals surface area contributed by atoms with Crippen LogP contribution in [0.15, 0.2) is 36.4 Å². The van der Waals surface area contributed by atoms with Gasteiger partial charge in [0.25, 0.3) is 0 Å². The van der Waals surface area contributed by atoms with Crippen LogP contribution in [-0.2, 0) is 0 Å². The zero-order valence-corrected chi connectivity index (χ0v) is 8.64. The number of ether oxygens (including phenoxy) is 1. The summed E-state index contributed by atoms with van der Waals surface area (Å²) in [6, 6.07) is 11.3. The van der Waals surface area contributed by atoms with Gasteiger partial charge in [0, 0.05) is 0 Å². The van der Waals surface area contributed by atoms with E-state index in [1.165, 1.54) is 0 Å². The van der Waals surface area contributed by atoms with Crippen LogP contribution in [0.3, 0.4) is 0 Å². The lowest BCUT2D eigenvalue weighted by molar-refractivity contribution is 0.112. The van der Waals surface area contributed by atoms with E-state index in [0.717, 1.165) is 17.1 Å². The third-order valence-corrected chi connectivity index (χ3v) is 2.36. The van der Waals surface area contributed by atoms with Crippen molar-refractivity contribution >= 4 is 17.1 Å². The first kappa shape index (κ1) is 10.3. The Morgan fingerprint density at radius 1 is 1.25 bits per heavy atom. The first-order valence-corrected chi connectivity index (χ1v) is 4.90. The predicted octanol–water partition coefficient (Wildman–Crippen LogP) is 2.66. The number of benzene rings is 2. The fraction of sp³-hybridized carbons (Fsp3) is 0.0714. The fourth-order valence-electron chi connectivity index (χ4n) is 1.64. The number of aldehydes is 1. The highest BCUT2D eigenvalue weighted by Gasteiger charge is 2.06. The minimum Gasteiger partial charge on any atom is -0.480 e. The maximum absolute atomic E-state index is 11.1. The van der Waals surface area contributed by atoms with Crippen molar-refractivity contribution in [3.8, 4) is 18.1 Å². The molecule has 0 bridgehead atoms. The molecule has 0 aliphatic rings. The molecule has 0 heterocycles. The summed E-state index contributed by atoms with van der Waals surface area (Å²) in [5, 5.41) is 1.89. The molecule has 0 saturated heterocycles. The van der Waals surface area contributed by atoms with Gasteiger partial charge in [-0.3, -0.25) is 4.79 Å². The zero-order valence-electron chi connectivity index (χ0n) is 8.64. The molecule has 0 fully saturated rings. The Hall–Kier alpha value is -2.27. The van der Waals surface area contributed by atoms with Gasteiger partial charge in [-0.1, -0.05) is 36.3 Å². The molecule has 0 aliphatic heterocycles. The first-order valence-electron chi connectivity index (χ1n) is 4.90. The van der Waals surface area contributed by atoms with Gasteiger partial charge in [0.05, 0.1) is 5.56 Å². The number of carbonyl (C=O) groups excluding carboxylic acids is 1. The van der Waals surface area contributed by atoms with Gasteiger partial charge < -0.3 is 4.74 Å². The molecule has 0 amide bonds. The molecule has 2 heteroatoms. The molecule has 0 N–H and O–H groups in total. The summed E-state index contributed by atoms with van der Waals surface area (Å²) in [5.74, 6) is 2.91. The Morgan fingerprint density at radius 2 is 2.06 bits per heavy atom. The van der Waals surface area contributed by atoms with Gasteiger partial charge in [0.1, 0.15) is 12.4 Å². The summed E-state index contributed by atoms with van der Waals surface area (Å²) in [6.45, 7) is 0.166. The lowest BCUT2D eigenvalue weighted by Crippen LogP contribution is -1.97. The SMILES string of the molecule is C#CCOc1ccc2ccccc2c1C=O. The van der Waals surface area contributed by atoms with Crippen LogP contribution in [0.2, 0.25) is 0 Å². The monoisotopic (exact) mass is 210 g/mol. The molecule has 0 atom stereocenters. The predicted molar refractivity (Wildman–Crippen MR) is 63.7 cm³/mol. The maximum atomic E-state index is 11.1. The minimum absolute atomic E-state index is 0.166. The number of fused-ring (bicyclic) bond motifs is 1. The molecule has 2 rings (SSSR count). The number of hydrogen-bond acceptors (Lipinski definition) is 2. The normalized spacial score (nSPS) is 9.69. The lowest BCUT2D eigenvalue weighted by Gasteiger charge is -2.08. The lowest BCUT2D eigenvalue weighted by atomic mass is 10.0. The van der Waals surface area contributed by atoms with E-state index in [2.05, 4.69) is 5.92 Å². The molecule has 0 radical (unpaired) electrons. The highest BCUT2D eigenvalue weighted by Crippen LogP contribution is 2.26. The smallest absolute Gasteiger partial charge is 0.154 e. The summed E-state index contributed by atoms with van der Waals surface area (Å²) in [7, 11) is 0. The molecule has 0 unspecified atom stereocenters. The van der Waals surface area contributed by atoms with Gasteiger partial charge in [-0.2, -0.15) is 0 Å². The van der Waals surface area contributed by atoms with Gasteiger partial charge in [-0.05, 0) is 16.8 Å². The van der Waals surface area contributed by atoms with Crippen molar-refractivity contribution in [2.24, 2.45) is 0 Å². The third kappa shape index (κ3) is 1.76. The van der Waals surface area contributed by atoms with Crippen LogP contribution < -0.4 is 4.74 Å². The number of terminal acetylenes is 1. The molecule has 0 spiro atoms. The molecule has 16 heavy (non-hydrogen) atoms. The minimum atomic E-state index is 0.166. The van der Waals surface area contributed by atoms with Crippen molar-refractivity contribution < 1.29 is 9.53 Å². The highest BCUT2D eigenvalue weighted by atomic mass is 16.5. The summed E-state index contributed by atoms with van der Waals surface area (Å²) in [5.41, 5.74) is 0.549. The number of carbonyl (C=O) groups is 1. The molecule has 0 aliphatic carbocycles. The van der Waals surface area contributed by atoms with Gasteiger partial charge >= 0.3 is 0 Å². The quantitative estimate of drug-likeness (QED) is 0.575. The van der Waals surface area contributed by atoms with E-state index in [0.29, 0.717) is 11.3 Å². The van der Waals surface area contributed by atoms with E-state index in [-0.39, 0.29) is 6.61 Å². The van der Waals surface area contributed by atoms with Crippen LogP contribution >= 0.6 is 0 Å². The van der Waals surface area contributed by atoms with E-state index in [1.807, 2.05) is 30.3 Å². The second kappa shape index (κ2) is 4.50. The molecular formula is C14H10O2. The van der Waals surface area contributed by atoms with Crippen molar-refractivity contribution in [2.75, 3.05) is 6.61 Å². The van der Waals surface area contributed by atoms with Crippen molar-refractivity contribution in [1.29, 1.82) is 0 Å². The second-order valence-corrected chi connectivity index (χ2v) is 3.31. The van der Waals surface area contributed by atoms with E-state index < -0.39 is 0 Å². The summed E-state index contributed by atoms with van der Waals surface area (Å²) >= 11 is 0. The van der Waals surface area contributed by atoms with Crippen LogP contribution in [0.1, 0.15) is 10.4 Å². The van der Waals surface area contributed by atoms with Crippen molar-refractivity contribution in [2.45, 2.75) is 0 Å². The maximum Gasteiger partial charge on any atom is 0.154 e. The van der Waals surface area contributed by atoms with E-state index in [1.54, 1.807) is 6.07 Å². The summed E-state index contributed by atoms with van der Waals surface area (Å²) in [6.07, 6.45) is 5.92. The van der Waals surface area contributed by atoms with Gasteiger partial charge in [-0.25, -0.2) is 0 Å². The molecular weight excluding hydrogens is 200 g/mol. The molecule has 0 aromatic heterocycles.